The van der Waals surface area contributed by atoms with E-state index < -0.39 is 0 Å². The minimum atomic E-state index is 0.528. The highest BCUT2D eigenvalue weighted by atomic mass is 16.3. The van der Waals surface area contributed by atoms with E-state index >= 15 is 0 Å². The molecule has 3 nitrogen and oxygen atoms in total. The maximum Gasteiger partial charge on any atom is 0.134 e. The van der Waals surface area contributed by atoms with Gasteiger partial charge in [0.25, 0.3) is 0 Å². The van der Waals surface area contributed by atoms with Crippen molar-refractivity contribution in [2.75, 3.05) is 14.1 Å². The average Bonchev–Trinajstić information content (AvgIpc) is 2.53. The third-order valence-corrected chi connectivity index (χ3v) is 2.45. The molecule has 0 bridgehead atoms. The summed E-state index contributed by atoms with van der Waals surface area (Å²) >= 11 is 0. The van der Waals surface area contributed by atoms with Crippen molar-refractivity contribution in [2.24, 2.45) is 5.73 Å². The Morgan fingerprint density at radius 1 is 1.27 bits per heavy atom. The molecule has 2 aromatic rings. The average molecular weight is 204 g/mol. The fraction of sp³-hybridized carbons (Fsp3) is 0.333. The van der Waals surface area contributed by atoms with Gasteiger partial charge < -0.3 is 15.1 Å². The Morgan fingerprint density at radius 2 is 2.00 bits per heavy atom. The molecule has 0 aliphatic carbocycles. The van der Waals surface area contributed by atoms with Crippen molar-refractivity contribution < 1.29 is 4.42 Å². The van der Waals surface area contributed by atoms with E-state index in [9.17, 15) is 0 Å². The van der Waals surface area contributed by atoms with E-state index in [1.54, 1.807) is 0 Å². The first-order chi connectivity index (χ1) is 7.22. The van der Waals surface area contributed by atoms with Crippen molar-refractivity contribution in [3.8, 4) is 0 Å². The summed E-state index contributed by atoms with van der Waals surface area (Å²) in [6.07, 6.45) is 0. The first-order valence-corrected chi connectivity index (χ1v) is 5.06. The monoisotopic (exact) mass is 204 g/mol. The first kappa shape index (κ1) is 10.2. The van der Waals surface area contributed by atoms with E-state index in [0.717, 1.165) is 28.8 Å². The summed E-state index contributed by atoms with van der Waals surface area (Å²) in [7, 11) is 4.04. The fourth-order valence-electron chi connectivity index (χ4n) is 1.79. The molecule has 0 saturated carbocycles. The van der Waals surface area contributed by atoms with Crippen LogP contribution in [0.4, 0.5) is 0 Å². The summed E-state index contributed by atoms with van der Waals surface area (Å²) in [4.78, 5) is 2.08. The van der Waals surface area contributed by atoms with Crippen molar-refractivity contribution in [1.82, 2.24) is 4.90 Å². The molecule has 0 saturated heterocycles. The van der Waals surface area contributed by atoms with E-state index in [2.05, 4.69) is 11.0 Å². The summed E-state index contributed by atoms with van der Waals surface area (Å²) < 4.78 is 5.78. The zero-order valence-corrected chi connectivity index (χ0v) is 9.16. The molecule has 3 heteroatoms. The van der Waals surface area contributed by atoms with Crippen LogP contribution in [0, 0.1) is 0 Å². The Kier molecular flexibility index (Phi) is 2.75. The summed E-state index contributed by atoms with van der Waals surface area (Å²) in [5, 5.41) is 1.14. The second-order valence-electron chi connectivity index (χ2n) is 3.94. The van der Waals surface area contributed by atoms with Crippen LogP contribution in [0.2, 0.25) is 0 Å². The number of hydrogen-bond donors (Lipinski definition) is 1. The van der Waals surface area contributed by atoms with Crippen LogP contribution in [0.1, 0.15) is 11.3 Å². The minimum absolute atomic E-state index is 0.528. The van der Waals surface area contributed by atoms with E-state index in [0.29, 0.717) is 6.54 Å². The maximum atomic E-state index is 5.78. The molecule has 2 rings (SSSR count). The summed E-state index contributed by atoms with van der Waals surface area (Å²) in [5.41, 5.74) is 7.81. The molecule has 80 valence electrons. The van der Waals surface area contributed by atoms with Crippen molar-refractivity contribution in [3.63, 3.8) is 0 Å². The van der Waals surface area contributed by atoms with Crippen LogP contribution in [-0.2, 0) is 13.1 Å². The smallest absolute Gasteiger partial charge is 0.134 e. The maximum absolute atomic E-state index is 5.78. The minimum Gasteiger partial charge on any atom is -0.459 e. The standard InChI is InChI=1S/C12H16N2O/c1-14(2)8-12-10(7-13)9-5-3-4-6-11(9)15-12/h3-6H,7-8,13H2,1-2H3. The molecule has 0 aliphatic heterocycles. The zero-order chi connectivity index (χ0) is 10.8. The molecule has 0 spiro atoms. The molecular formula is C12H16N2O. The van der Waals surface area contributed by atoms with Crippen LogP contribution in [0.15, 0.2) is 28.7 Å². The Morgan fingerprint density at radius 3 is 2.67 bits per heavy atom. The molecule has 0 atom stereocenters. The number of benzene rings is 1. The lowest BCUT2D eigenvalue weighted by Gasteiger charge is -2.07. The number of nitrogens with two attached hydrogens (primary N) is 1. The summed E-state index contributed by atoms with van der Waals surface area (Å²) in [6, 6.07) is 8.02. The highest BCUT2D eigenvalue weighted by molar-refractivity contribution is 5.82. The Balaban J connectivity index is 2.54. The molecule has 1 aromatic carbocycles. The van der Waals surface area contributed by atoms with Gasteiger partial charge in [-0.15, -0.1) is 0 Å². The predicted octanol–water partition coefficient (Wildman–Crippen LogP) is 1.95. The van der Waals surface area contributed by atoms with Gasteiger partial charge in [0.15, 0.2) is 0 Å². The van der Waals surface area contributed by atoms with Gasteiger partial charge in [-0.25, -0.2) is 0 Å². The van der Waals surface area contributed by atoms with Crippen molar-refractivity contribution >= 4 is 11.0 Å². The Labute approximate surface area is 89.5 Å². The van der Waals surface area contributed by atoms with Gasteiger partial charge >= 0.3 is 0 Å². The predicted molar refractivity (Wildman–Crippen MR) is 61.5 cm³/mol. The lowest BCUT2D eigenvalue weighted by molar-refractivity contribution is 0.355. The third kappa shape index (κ3) is 1.89. The molecule has 2 N–H and O–H groups in total. The molecule has 1 heterocycles. The van der Waals surface area contributed by atoms with E-state index in [4.69, 9.17) is 10.2 Å². The van der Waals surface area contributed by atoms with Crippen molar-refractivity contribution in [1.29, 1.82) is 0 Å². The highest BCUT2D eigenvalue weighted by Gasteiger charge is 2.12. The van der Waals surface area contributed by atoms with Gasteiger partial charge in [0.05, 0.1) is 6.54 Å². The number of fused-ring (bicyclic) bond motifs is 1. The van der Waals surface area contributed by atoms with Gasteiger partial charge in [-0.05, 0) is 20.2 Å². The van der Waals surface area contributed by atoms with Crippen LogP contribution < -0.4 is 5.73 Å². The molecule has 15 heavy (non-hydrogen) atoms. The number of para-hydroxylation sites is 1. The van der Waals surface area contributed by atoms with Crippen LogP contribution in [0.25, 0.3) is 11.0 Å². The largest absolute Gasteiger partial charge is 0.459 e. The molecule has 1 aromatic heterocycles. The lowest BCUT2D eigenvalue weighted by atomic mass is 10.1. The molecule has 0 radical (unpaired) electrons. The molecular weight excluding hydrogens is 188 g/mol. The summed E-state index contributed by atoms with van der Waals surface area (Å²) in [6.45, 7) is 1.32. The number of nitrogens with zero attached hydrogens (tertiary/aromatic N) is 1. The number of furan rings is 1. The number of rotatable bonds is 3. The van der Waals surface area contributed by atoms with Crippen LogP contribution in [-0.4, -0.2) is 19.0 Å². The second kappa shape index (κ2) is 4.04. The zero-order valence-electron chi connectivity index (χ0n) is 9.16. The quantitative estimate of drug-likeness (QED) is 0.831. The fourth-order valence-corrected chi connectivity index (χ4v) is 1.79. The lowest BCUT2D eigenvalue weighted by Crippen LogP contribution is -2.12. The topological polar surface area (TPSA) is 42.4 Å². The van der Waals surface area contributed by atoms with Gasteiger partial charge in [-0.3, -0.25) is 0 Å². The van der Waals surface area contributed by atoms with E-state index in [-0.39, 0.29) is 0 Å². The van der Waals surface area contributed by atoms with Crippen LogP contribution in [0.5, 0.6) is 0 Å². The molecule has 0 amide bonds. The Bertz CT molecular complexity index is 460. The van der Waals surface area contributed by atoms with E-state index in [1.807, 2.05) is 32.3 Å². The van der Waals surface area contributed by atoms with Crippen LogP contribution >= 0.6 is 0 Å². The summed E-state index contributed by atoms with van der Waals surface area (Å²) in [5.74, 6) is 0.976. The Hall–Kier alpha value is -1.32. The highest BCUT2D eigenvalue weighted by Crippen LogP contribution is 2.25. The van der Waals surface area contributed by atoms with Gasteiger partial charge in [-0.2, -0.15) is 0 Å². The first-order valence-electron chi connectivity index (χ1n) is 5.06. The van der Waals surface area contributed by atoms with Crippen LogP contribution in [0.3, 0.4) is 0 Å². The van der Waals surface area contributed by atoms with Gasteiger partial charge in [-0.1, -0.05) is 18.2 Å². The van der Waals surface area contributed by atoms with Crippen molar-refractivity contribution in [3.05, 3.63) is 35.6 Å². The molecule has 0 fully saturated rings. The van der Waals surface area contributed by atoms with Crippen molar-refractivity contribution in [2.45, 2.75) is 13.1 Å². The third-order valence-electron chi connectivity index (χ3n) is 2.45. The van der Waals surface area contributed by atoms with Gasteiger partial charge in [0, 0.05) is 17.5 Å². The molecule has 0 aliphatic rings. The second-order valence-corrected chi connectivity index (χ2v) is 3.94. The van der Waals surface area contributed by atoms with E-state index in [1.165, 1.54) is 0 Å². The normalized spacial score (nSPS) is 11.5. The van der Waals surface area contributed by atoms with Gasteiger partial charge in [0.1, 0.15) is 11.3 Å². The molecule has 0 unspecified atom stereocenters. The SMILES string of the molecule is CN(C)Cc1oc2ccccc2c1CN. The number of hydrogen-bond acceptors (Lipinski definition) is 3. The van der Waals surface area contributed by atoms with Gasteiger partial charge in [0.2, 0.25) is 0 Å².